The van der Waals surface area contributed by atoms with Crippen molar-refractivity contribution in [3.8, 4) is 0 Å². The molecule has 0 N–H and O–H groups in total. The number of hydrogen-bond donors (Lipinski definition) is 0. The zero-order valence-corrected chi connectivity index (χ0v) is 21.0. The van der Waals surface area contributed by atoms with Crippen LogP contribution in [0.2, 0.25) is 11.9 Å². The van der Waals surface area contributed by atoms with Crippen LogP contribution in [-0.2, 0) is 13.7 Å². The molecule has 0 aromatic heterocycles. The van der Waals surface area contributed by atoms with E-state index in [0.717, 1.165) is 12.7 Å². The molecule has 0 unspecified atom stereocenters. The van der Waals surface area contributed by atoms with Gasteiger partial charge in [0, 0.05) is 0 Å². The predicted octanol–water partition coefficient (Wildman–Crippen LogP) is 5.37. The van der Waals surface area contributed by atoms with Crippen LogP contribution in [-0.4, -0.2) is 26.6 Å². The third kappa shape index (κ3) is 4.02. The van der Waals surface area contributed by atoms with Gasteiger partial charge in [-0.2, -0.15) is 0 Å². The Morgan fingerprint density at radius 2 is 1.18 bits per heavy atom. The molecule has 3 aromatic rings. The lowest BCUT2D eigenvalue weighted by atomic mass is 9.81. The van der Waals surface area contributed by atoms with E-state index in [2.05, 4.69) is 119 Å². The minimum atomic E-state index is -2.58. The highest BCUT2D eigenvalue weighted by Crippen LogP contribution is 2.49. The molecule has 0 aliphatic carbocycles. The average molecular weight is 456 g/mol. The Hall–Kier alpha value is -2.18. The van der Waals surface area contributed by atoms with Gasteiger partial charge in [-0.3, -0.25) is 0 Å². The molecule has 2 heterocycles. The first kappa shape index (κ1) is 22.6. The second-order valence-corrected chi connectivity index (χ2v) is 14.0. The van der Waals surface area contributed by atoms with E-state index in [9.17, 15) is 0 Å². The highest BCUT2D eigenvalue weighted by molar-refractivity contribution is 6.99. The van der Waals surface area contributed by atoms with E-state index in [1.54, 1.807) is 0 Å². The van der Waals surface area contributed by atoms with E-state index < -0.39 is 8.32 Å². The van der Waals surface area contributed by atoms with Crippen LogP contribution in [0.15, 0.2) is 91.0 Å². The molecule has 2 aliphatic heterocycles. The Balaban J connectivity index is 1.59. The van der Waals surface area contributed by atoms with E-state index in [4.69, 9.17) is 13.7 Å². The molecule has 33 heavy (non-hydrogen) atoms. The van der Waals surface area contributed by atoms with Gasteiger partial charge in [-0.25, -0.2) is 0 Å². The van der Waals surface area contributed by atoms with Gasteiger partial charge in [-0.05, 0) is 61.9 Å². The molecule has 0 bridgehead atoms. The second-order valence-electron chi connectivity index (χ2n) is 10.3. The van der Waals surface area contributed by atoms with E-state index in [1.807, 2.05) is 0 Å². The molecule has 0 saturated carbocycles. The molecule has 5 heteroatoms. The summed E-state index contributed by atoms with van der Waals surface area (Å²) in [5.74, 6) is 0. The second kappa shape index (κ2) is 8.55. The van der Waals surface area contributed by atoms with Gasteiger partial charge in [-0.1, -0.05) is 91.0 Å². The SMILES string of the molecule is CC1(C)OB(C[C@@H]2C[C@@H](c3ccccc3)O[Si]2(c2ccccc2)c2ccccc2)OC1(C)C. The molecule has 2 atom stereocenters. The predicted molar refractivity (Wildman–Crippen MR) is 137 cm³/mol. The summed E-state index contributed by atoms with van der Waals surface area (Å²) in [6.45, 7) is 8.52. The van der Waals surface area contributed by atoms with E-state index in [-0.39, 0.29) is 24.4 Å². The first-order chi connectivity index (χ1) is 15.8. The van der Waals surface area contributed by atoms with E-state index in [0.29, 0.717) is 5.54 Å². The maximum Gasteiger partial charge on any atom is 0.457 e. The van der Waals surface area contributed by atoms with Crippen molar-refractivity contribution in [3.05, 3.63) is 96.6 Å². The van der Waals surface area contributed by atoms with Crippen molar-refractivity contribution in [1.82, 2.24) is 0 Å². The lowest BCUT2D eigenvalue weighted by molar-refractivity contribution is 0.00578. The average Bonchev–Trinajstić information content (AvgIpc) is 3.29. The fourth-order valence-corrected chi connectivity index (χ4v) is 10.2. The van der Waals surface area contributed by atoms with Crippen LogP contribution in [0.1, 0.15) is 45.8 Å². The molecular weight excluding hydrogens is 423 g/mol. The smallest absolute Gasteiger partial charge is 0.403 e. The standard InChI is InChI=1S/C28H33BO3Si/c1-27(2)28(3,4)32-29(31-27)21-25-20-26(22-14-8-5-9-15-22)30-33(25,23-16-10-6-11-17-23)24-18-12-7-13-19-24/h5-19,25-26H,20-21H2,1-4H3/t25-,26-/m0/s1. The van der Waals surface area contributed by atoms with Crippen molar-refractivity contribution in [3.63, 3.8) is 0 Å². The number of benzene rings is 3. The molecule has 0 amide bonds. The Kier molecular flexibility index (Phi) is 5.86. The monoisotopic (exact) mass is 456 g/mol. The van der Waals surface area contributed by atoms with Gasteiger partial charge in [0.1, 0.15) is 0 Å². The van der Waals surface area contributed by atoms with Crippen LogP contribution >= 0.6 is 0 Å². The minimum Gasteiger partial charge on any atom is -0.403 e. The number of hydrogen-bond acceptors (Lipinski definition) is 3. The van der Waals surface area contributed by atoms with E-state index >= 15 is 0 Å². The first-order valence-corrected chi connectivity index (χ1v) is 14.0. The topological polar surface area (TPSA) is 27.7 Å². The van der Waals surface area contributed by atoms with Crippen molar-refractivity contribution < 1.29 is 13.7 Å². The van der Waals surface area contributed by atoms with Crippen molar-refractivity contribution in [2.75, 3.05) is 0 Å². The maximum atomic E-state index is 7.26. The summed E-state index contributed by atoms with van der Waals surface area (Å²) < 4.78 is 20.2. The molecule has 2 aliphatic rings. The molecule has 3 aromatic carbocycles. The minimum absolute atomic E-state index is 0.0608. The van der Waals surface area contributed by atoms with Gasteiger partial charge < -0.3 is 13.7 Å². The van der Waals surface area contributed by atoms with Gasteiger partial charge >= 0.3 is 7.12 Å². The molecule has 0 radical (unpaired) electrons. The normalized spacial score (nSPS) is 25.3. The van der Waals surface area contributed by atoms with Gasteiger partial charge in [0.05, 0.1) is 17.3 Å². The van der Waals surface area contributed by atoms with Crippen LogP contribution < -0.4 is 10.4 Å². The van der Waals surface area contributed by atoms with Crippen LogP contribution in [0.4, 0.5) is 0 Å². The van der Waals surface area contributed by atoms with Crippen LogP contribution in [0, 0.1) is 0 Å². The van der Waals surface area contributed by atoms with Gasteiger partial charge in [-0.15, -0.1) is 0 Å². The Morgan fingerprint density at radius 1 is 0.727 bits per heavy atom. The summed E-state index contributed by atoms with van der Waals surface area (Å²) >= 11 is 0. The Labute approximate surface area is 199 Å². The summed E-state index contributed by atoms with van der Waals surface area (Å²) in [5.41, 5.74) is 0.902. The van der Waals surface area contributed by atoms with Crippen LogP contribution in [0.25, 0.3) is 0 Å². The third-order valence-electron chi connectivity index (χ3n) is 7.76. The van der Waals surface area contributed by atoms with Crippen molar-refractivity contribution in [2.45, 2.75) is 63.3 Å². The summed E-state index contributed by atoms with van der Waals surface area (Å²) in [5, 5.41) is 2.63. The van der Waals surface area contributed by atoms with E-state index in [1.165, 1.54) is 15.9 Å². The van der Waals surface area contributed by atoms with Crippen LogP contribution in [0.5, 0.6) is 0 Å². The molecular formula is C28H33BO3Si. The maximum absolute atomic E-state index is 7.26. The molecule has 170 valence electrons. The third-order valence-corrected chi connectivity index (χ3v) is 12.4. The molecule has 2 fully saturated rings. The van der Waals surface area contributed by atoms with Crippen LogP contribution in [0.3, 0.4) is 0 Å². The summed E-state index contributed by atoms with van der Waals surface area (Å²) in [4.78, 5) is 0. The van der Waals surface area contributed by atoms with Gasteiger partial charge in [0.15, 0.2) is 0 Å². The molecule has 5 rings (SSSR count). The highest BCUT2D eigenvalue weighted by atomic mass is 28.4. The van der Waals surface area contributed by atoms with Crippen molar-refractivity contribution >= 4 is 25.8 Å². The quantitative estimate of drug-likeness (QED) is 0.483. The summed E-state index contributed by atoms with van der Waals surface area (Å²) in [6.07, 6.45) is 1.85. The largest absolute Gasteiger partial charge is 0.457 e. The lowest BCUT2D eigenvalue weighted by Gasteiger charge is -2.33. The molecule has 0 spiro atoms. The first-order valence-electron chi connectivity index (χ1n) is 12.0. The molecule has 2 saturated heterocycles. The fourth-order valence-electron chi connectivity index (χ4n) is 5.37. The van der Waals surface area contributed by atoms with Gasteiger partial charge in [0.2, 0.25) is 0 Å². The molecule has 3 nitrogen and oxygen atoms in total. The van der Waals surface area contributed by atoms with Crippen molar-refractivity contribution in [1.29, 1.82) is 0 Å². The zero-order valence-electron chi connectivity index (χ0n) is 20.0. The Morgan fingerprint density at radius 3 is 1.67 bits per heavy atom. The summed E-state index contributed by atoms with van der Waals surface area (Å²) in [6, 6.07) is 32.4. The highest BCUT2D eigenvalue weighted by Gasteiger charge is 2.58. The lowest BCUT2D eigenvalue weighted by Crippen LogP contribution is -2.61. The Bertz CT molecular complexity index is 1020. The summed E-state index contributed by atoms with van der Waals surface area (Å²) in [7, 11) is -2.82. The zero-order chi connectivity index (χ0) is 23.1. The fraction of sp³-hybridized carbons (Fsp3) is 0.357. The van der Waals surface area contributed by atoms with Crippen molar-refractivity contribution in [2.24, 2.45) is 0 Å². The number of rotatable bonds is 5. The van der Waals surface area contributed by atoms with Gasteiger partial charge in [0.25, 0.3) is 8.32 Å².